The third kappa shape index (κ3) is 2.28. The number of benzene rings is 1. The Morgan fingerprint density at radius 2 is 1.79 bits per heavy atom. The number of nitrogens with zero attached hydrogens (tertiary/aromatic N) is 2. The fourth-order valence-electron chi connectivity index (χ4n) is 1.84. The molecule has 94 valence electrons. The number of rotatable bonds is 2. The fraction of sp³-hybridized carbons (Fsp3) is 0. The number of hydrogen-bond donors (Lipinski definition) is 2. The topological polar surface area (TPSA) is 72.0 Å². The highest BCUT2D eigenvalue weighted by molar-refractivity contribution is 7.13. The third-order valence-electron chi connectivity index (χ3n) is 2.70. The van der Waals surface area contributed by atoms with Crippen LogP contribution in [0.25, 0.3) is 21.8 Å². The Labute approximate surface area is 114 Å². The van der Waals surface area contributed by atoms with Crippen molar-refractivity contribution in [1.82, 2.24) is 9.97 Å². The average molecular weight is 269 g/mol. The lowest BCUT2D eigenvalue weighted by molar-refractivity contribution is 0.477. The molecule has 4 nitrogen and oxygen atoms in total. The number of hydrogen-bond acceptors (Lipinski definition) is 5. The zero-order chi connectivity index (χ0) is 13.2. The quantitative estimate of drug-likeness (QED) is 0.749. The summed E-state index contributed by atoms with van der Waals surface area (Å²) in [7, 11) is 0. The van der Waals surface area contributed by atoms with Crippen molar-refractivity contribution in [2.45, 2.75) is 0 Å². The lowest BCUT2D eigenvalue weighted by Gasteiger charge is -2.06. The molecular weight excluding hydrogens is 258 g/mol. The normalized spacial score (nSPS) is 10.5. The minimum atomic E-state index is 0.178. The number of anilines is 1. The molecule has 3 aromatic rings. The maximum absolute atomic E-state index is 9.88. The number of aromatic nitrogens is 2. The number of phenols is 1. The van der Waals surface area contributed by atoms with Gasteiger partial charge in [0.15, 0.2) is 0 Å². The molecular formula is C14H11N3OS. The average Bonchev–Trinajstić information content (AvgIpc) is 2.92. The van der Waals surface area contributed by atoms with E-state index in [4.69, 9.17) is 5.73 Å². The SMILES string of the molecule is Nc1nc(-c2cccs2)cc(-c2ccccc2O)n1. The number of phenolic OH excluding ortho intramolecular Hbond substituents is 1. The fourth-order valence-corrected chi connectivity index (χ4v) is 2.53. The second-order valence-corrected chi connectivity index (χ2v) is 4.94. The standard InChI is InChI=1S/C14H11N3OS/c15-14-16-10(9-4-1-2-5-12(9)18)8-11(17-14)13-6-3-7-19-13/h1-8,18H,(H2,15,16,17). The van der Waals surface area contributed by atoms with Gasteiger partial charge in [-0.25, -0.2) is 9.97 Å². The molecule has 1 aromatic carbocycles. The molecule has 2 heterocycles. The summed E-state index contributed by atoms with van der Waals surface area (Å²) in [6, 6.07) is 12.8. The van der Waals surface area contributed by atoms with Crippen molar-refractivity contribution in [1.29, 1.82) is 0 Å². The summed E-state index contributed by atoms with van der Waals surface area (Å²) in [6.45, 7) is 0. The Balaban J connectivity index is 2.16. The van der Waals surface area contributed by atoms with Crippen LogP contribution in [0.3, 0.4) is 0 Å². The van der Waals surface area contributed by atoms with Crippen molar-refractivity contribution in [2.75, 3.05) is 5.73 Å². The van der Waals surface area contributed by atoms with Crippen LogP contribution in [-0.2, 0) is 0 Å². The molecule has 2 aromatic heterocycles. The van der Waals surface area contributed by atoms with E-state index < -0.39 is 0 Å². The van der Waals surface area contributed by atoms with Crippen LogP contribution < -0.4 is 5.73 Å². The molecule has 19 heavy (non-hydrogen) atoms. The van der Waals surface area contributed by atoms with Crippen molar-refractivity contribution in [3.8, 4) is 27.6 Å². The van der Waals surface area contributed by atoms with E-state index in [0.717, 1.165) is 10.6 Å². The van der Waals surface area contributed by atoms with Gasteiger partial charge in [-0.15, -0.1) is 11.3 Å². The Morgan fingerprint density at radius 3 is 2.53 bits per heavy atom. The van der Waals surface area contributed by atoms with Crippen molar-refractivity contribution in [3.63, 3.8) is 0 Å². The zero-order valence-corrected chi connectivity index (χ0v) is 10.8. The van der Waals surface area contributed by atoms with Crippen molar-refractivity contribution in [3.05, 3.63) is 47.8 Å². The van der Waals surface area contributed by atoms with Crippen LogP contribution in [0.5, 0.6) is 5.75 Å². The number of thiophene rings is 1. The van der Waals surface area contributed by atoms with Gasteiger partial charge >= 0.3 is 0 Å². The van der Waals surface area contributed by atoms with Gasteiger partial charge in [-0.1, -0.05) is 18.2 Å². The van der Waals surface area contributed by atoms with E-state index in [9.17, 15) is 5.11 Å². The monoisotopic (exact) mass is 269 g/mol. The molecule has 0 aliphatic rings. The van der Waals surface area contributed by atoms with E-state index >= 15 is 0 Å². The molecule has 3 N–H and O–H groups in total. The summed E-state index contributed by atoms with van der Waals surface area (Å²) in [5.41, 5.74) is 7.79. The molecule has 5 heteroatoms. The van der Waals surface area contributed by atoms with E-state index in [1.807, 2.05) is 29.6 Å². The summed E-state index contributed by atoms with van der Waals surface area (Å²) in [5, 5.41) is 11.9. The summed E-state index contributed by atoms with van der Waals surface area (Å²) >= 11 is 1.58. The molecule has 0 amide bonds. The Morgan fingerprint density at radius 1 is 1.00 bits per heavy atom. The van der Waals surface area contributed by atoms with E-state index in [0.29, 0.717) is 11.3 Å². The van der Waals surface area contributed by atoms with Crippen molar-refractivity contribution >= 4 is 17.3 Å². The Kier molecular flexibility index (Phi) is 2.89. The molecule has 0 radical (unpaired) electrons. The summed E-state index contributed by atoms with van der Waals surface area (Å²) in [5.74, 6) is 0.377. The van der Waals surface area contributed by atoms with Gasteiger partial charge in [-0.05, 0) is 29.6 Å². The first-order valence-electron chi connectivity index (χ1n) is 5.71. The molecule has 0 aliphatic heterocycles. The van der Waals surface area contributed by atoms with Crippen molar-refractivity contribution < 1.29 is 5.11 Å². The molecule has 0 unspecified atom stereocenters. The smallest absolute Gasteiger partial charge is 0.221 e. The number of para-hydroxylation sites is 1. The first kappa shape index (κ1) is 11.7. The number of nitrogens with two attached hydrogens (primary N) is 1. The highest BCUT2D eigenvalue weighted by Crippen LogP contribution is 2.31. The molecule has 3 rings (SSSR count). The minimum absolute atomic E-state index is 0.178. The second kappa shape index (κ2) is 4.70. The minimum Gasteiger partial charge on any atom is -0.507 e. The largest absolute Gasteiger partial charge is 0.507 e. The molecule has 0 aliphatic carbocycles. The maximum atomic E-state index is 9.88. The predicted molar refractivity (Wildman–Crippen MR) is 76.9 cm³/mol. The van der Waals surface area contributed by atoms with E-state index in [2.05, 4.69) is 9.97 Å². The molecule has 0 saturated heterocycles. The van der Waals surface area contributed by atoms with E-state index in [1.165, 1.54) is 0 Å². The van der Waals surface area contributed by atoms with Crippen molar-refractivity contribution in [2.24, 2.45) is 0 Å². The van der Waals surface area contributed by atoms with Gasteiger partial charge in [0.05, 0.1) is 16.3 Å². The van der Waals surface area contributed by atoms with Gasteiger partial charge in [-0.3, -0.25) is 0 Å². The lowest BCUT2D eigenvalue weighted by Crippen LogP contribution is -1.98. The summed E-state index contributed by atoms with van der Waals surface area (Å²) < 4.78 is 0. The Bertz CT molecular complexity index is 710. The predicted octanol–water partition coefficient (Wildman–Crippen LogP) is 3.16. The molecule has 0 saturated carbocycles. The maximum Gasteiger partial charge on any atom is 0.221 e. The third-order valence-corrected chi connectivity index (χ3v) is 3.59. The number of aromatic hydroxyl groups is 1. The van der Waals surface area contributed by atoms with Gasteiger partial charge < -0.3 is 10.8 Å². The van der Waals surface area contributed by atoms with Crippen LogP contribution in [0.4, 0.5) is 5.95 Å². The summed E-state index contributed by atoms with van der Waals surface area (Å²) in [6.07, 6.45) is 0. The molecule has 0 atom stereocenters. The van der Waals surface area contributed by atoms with Crippen LogP contribution in [0.2, 0.25) is 0 Å². The van der Waals surface area contributed by atoms with Gasteiger partial charge in [-0.2, -0.15) is 0 Å². The first-order valence-corrected chi connectivity index (χ1v) is 6.59. The van der Waals surface area contributed by atoms with E-state index in [1.54, 1.807) is 29.5 Å². The first-order chi connectivity index (χ1) is 9.24. The molecule has 0 fully saturated rings. The molecule has 0 spiro atoms. The highest BCUT2D eigenvalue weighted by atomic mass is 32.1. The van der Waals surface area contributed by atoms with Crippen LogP contribution >= 0.6 is 11.3 Å². The zero-order valence-electron chi connectivity index (χ0n) is 9.95. The summed E-state index contributed by atoms with van der Waals surface area (Å²) in [4.78, 5) is 9.43. The van der Waals surface area contributed by atoms with E-state index in [-0.39, 0.29) is 11.7 Å². The van der Waals surface area contributed by atoms with Crippen LogP contribution in [0, 0.1) is 0 Å². The van der Waals surface area contributed by atoms with Crippen LogP contribution in [0.1, 0.15) is 0 Å². The Hall–Kier alpha value is -2.40. The second-order valence-electron chi connectivity index (χ2n) is 3.99. The van der Waals surface area contributed by atoms with Gasteiger partial charge in [0.2, 0.25) is 5.95 Å². The highest BCUT2D eigenvalue weighted by Gasteiger charge is 2.10. The van der Waals surface area contributed by atoms with Crippen LogP contribution in [0.15, 0.2) is 47.8 Å². The van der Waals surface area contributed by atoms with Gasteiger partial charge in [0, 0.05) is 5.56 Å². The lowest BCUT2D eigenvalue weighted by atomic mass is 10.1. The molecule has 0 bridgehead atoms. The van der Waals surface area contributed by atoms with Crippen LogP contribution in [-0.4, -0.2) is 15.1 Å². The number of nitrogen functional groups attached to an aromatic ring is 1. The van der Waals surface area contributed by atoms with Gasteiger partial charge in [0.1, 0.15) is 5.75 Å². The van der Waals surface area contributed by atoms with Gasteiger partial charge in [0.25, 0.3) is 0 Å².